The Morgan fingerprint density at radius 3 is 2.62 bits per heavy atom. The van der Waals surface area contributed by atoms with Crippen LogP contribution in [-0.2, 0) is 16.6 Å². The van der Waals surface area contributed by atoms with E-state index < -0.39 is 28.4 Å². The maximum atomic E-state index is 13.1. The van der Waals surface area contributed by atoms with E-state index in [9.17, 15) is 24.8 Å². The van der Waals surface area contributed by atoms with Crippen LogP contribution in [-0.4, -0.2) is 37.7 Å². The Morgan fingerprint density at radius 1 is 1.16 bits per heavy atom. The lowest BCUT2D eigenvalue weighted by Gasteiger charge is -2.24. The van der Waals surface area contributed by atoms with Crippen LogP contribution in [0.5, 0.6) is 0 Å². The molecule has 0 aliphatic carbocycles. The molecule has 8 nitrogen and oxygen atoms in total. The van der Waals surface area contributed by atoms with Gasteiger partial charge >= 0.3 is 0 Å². The Labute approximate surface area is 184 Å². The van der Waals surface area contributed by atoms with Gasteiger partial charge in [0, 0.05) is 54.0 Å². The molecule has 2 heterocycles. The van der Waals surface area contributed by atoms with Crippen molar-refractivity contribution in [1.29, 1.82) is 0 Å². The number of likely N-dealkylation sites (tertiary alicyclic amines) is 1. The van der Waals surface area contributed by atoms with Crippen LogP contribution in [0.15, 0.2) is 60.3 Å². The number of carbonyl (C=O) groups excluding carboxylic acids is 2. The predicted molar refractivity (Wildman–Crippen MR) is 120 cm³/mol. The maximum Gasteiger partial charge on any atom is 0.295 e. The summed E-state index contributed by atoms with van der Waals surface area (Å²) in [5, 5.41) is 23.2. The molecule has 1 aliphatic heterocycles. The van der Waals surface area contributed by atoms with Crippen LogP contribution >= 0.6 is 0 Å². The Morgan fingerprint density at radius 2 is 1.91 bits per heavy atom. The molecule has 1 fully saturated rings. The van der Waals surface area contributed by atoms with Crippen molar-refractivity contribution < 1.29 is 19.6 Å². The Hall–Kier alpha value is -3.94. The number of hydrogen-bond acceptors (Lipinski definition) is 5. The normalized spacial score (nSPS) is 17.9. The third kappa shape index (κ3) is 3.43. The number of rotatable bonds is 6. The predicted octanol–water partition coefficient (Wildman–Crippen LogP) is 4.31. The molecule has 1 saturated heterocycles. The summed E-state index contributed by atoms with van der Waals surface area (Å²) in [6.45, 7) is 2.35. The first-order valence-corrected chi connectivity index (χ1v) is 10.4. The summed E-state index contributed by atoms with van der Waals surface area (Å²) in [5.41, 5.74) is 1.51. The van der Waals surface area contributed by atoms with E-state index in [1.807, 2.05) is 49.0 Å². The van der Waals surface area contributed by atoms with Gasteiger partial charge in [0.05, 0.1) is 16.5 Å². The van der Waals surface area contributed by atoms with Gasteiger partial charge in [0.1, 0.15) is 5.76 Å². The number of unbranched alkanes of at least 4 members (excludes halogenated alkanes) is 1. The molecule has 0 radical (unpaired) electrons. The number of para-hydroxylation sites is 1. The van der Waals surface area contributed by atoms with Gasteiger partial charge in [0.25, 0.3) is 17.4 Å². The molecule has 8 heteroatoms. The lowest BCUT2D eigenvalue weighted by atomic mass is 9.94. The van der Waals surface area contributed by atoms with Gasteiger partial charge in [-0.15, -0.1) is 0 Å². The first-order valence-electron chi connectivity index (χ1n) is 10.4. The molecule has 1 atom stereocenters. The fourth-order valence-corrected chi connectivity index (χ4v) is 4.28. The summed E-state index contributed by atoms with van der Waals surface area (Å²) in [5.74, 6) is -1.88. The maximum absolute atomic E-state index is 13.1. The van der Waals surface area contributed by atoms with E-state index in [0.717, 1.165) is 22.9 Å². The van der Waals surface area contributed by atoms with Gasteiger partial charge in [-0.2, -0.15) is 0 Å². The van der Waals surface area contributed by atoms with Crippen molar-refractivity contribution in [3.05, 3.63) is 81.5 Å². The van der Waals surface area contributed by atoms with Gasteiger partial charge in [0.15, 0.2) is 0 Å². The van der Waals surface area contributed by atoms with Crippen molar-refractivity contribution in [1.82, 2.24) is 9.47 Å². The van der Waals surface area contributed by atoms with Crippen LogP contribution in [0, 0.1) is 10.1 Å². The molecule has 0 bridgehead atoms. The molecule has 0 saturated carbocycles. The Kier molecular flexibility index (Phi) is 5.52. The van der Waals surface area contributed by atoms with Crippen molar-refractivity contribution in [2.75, 3.05) is 6.54 Å². The molecular weight excluding hydrogens is 410 g/mol. The minimum Gasteiger partial charge on any atom is -0.507 e. The third-order valence-electron chi connectivity index (χ3n) is 5.85. The molecule has 0 spiro atoms. The van der Waals surface area contributed by atoms with Crippen molar-refractivity contribution in [2.45, 2.75) is 25.8 Å². The molecule has 164 valence electrons. The zero-order valence-electron chi connectivity index (χ0n) is 17.8. The molecule has 1 aliphatic rings. The van der Waals surface area contributed by atoms with Crippen LogP contribution in [0.25, 0.3) is 16.7 Å². The van der Waals surface area contributed by atoms with E-state index in [0.29, 0.717) is 13.0 Å². The van der Waals surface area contributed by atoms with Gasteiger partial charge < -0.3 is 14.6 Å². The number of aryl methyl sites for hydroxylation is 1. The smallest absolute Gasteiger partial charge is 0.295 e. The minimum absolute atomic E-state index is 0.0528. The van der Waals surface area contributed by atoms with E-state index in [2.05, 4.69) is 0 Å². The lowest BCUT2D eigenvalue weighted by Crippen LogP contribution is -2.30. The highest BCUT2D eigenvalue weighted by molar-refractivity contribution is 6.46. The number of amides is 1. The number of benzene rings is 2. The molecule has 32 heavy (non-hydrogen) atoms. The van der Waals surface area contributed by atoms with Crippen LogP contribution in [0.3, 0.4) is 0 Å². The fraction of sp³-hybridized carbons (Fsp3) is 0.250. The number of nitrogens with zero attached hydrogens (tertiary/aromatic N) is 3. The number of aromatic nitrogens is 1. The third-order valence-corrected chi connectivity index (χ3v) is 5.85. The summed E-state index contributed by atoms with van der Waals surface area (Å²) in [4.78, 5) is 38.2. The van der Waals surface area contributed by atoms with Crippen LogP contribution < -0.4 is 0 Å². The first kappa shape index (κ1) is 21.3. The van der Waals surface area contributed by atoms with Crippen LogP contribution in [0.2, 0.25) is 0 Å². The van der Waals surface area contributed by atoms with E-state index >= 15 is 0 Å². The summed E-state index contributed by atoms with van der Waals surface area (Å²) in [6, 6.07) is 12.3. The van der Waals surface area contributed by atoms with Gasteiger partial charge in [-0.05, 0) is 12.5 Å². The average Bonchev–Trinajstić information content (AvgIpc) is 3.25. The second kappa shape index (κ2) is 8.30. The highest BCUT2D eigenvalue weighted by atomic mass is 16.6. The largest absolute Gasteiger partial charge is 0.507 e. The molecular formula is C24H23N3O5. The SMILES string of the molecule is CCCCN1C(=O)C(=O)/C(=C(/O)c2cccc([N+](=O)[O-])c2)C1c1cn(C)c2ccccc12. The van der Waals surface area contributed by atoms with E-state index in [-0.39, 0.29) is 16.8 Å². The first-order chi connectivity index (χ1) is 15.3. The highest BCUT2D eigenvalue weighted by Crippen LogP contribution is 2.42. The zero-order chi connectivity index (χ0) is 23.0. The minimum atomic E-state index is -0.789. The number of nitro groups is 1. The summed E-state index contributed by atoms with van der Waals surface area (Å²) in [7, 11) is 1.88. The van der Waals surface area contributed by atoms with Crippen LogP contribution in [0.4, 0.5) is 5.69 Å². The number of nitro benzene ring substituents is 1. The summed E-state index contributed by atoms with van der Waals surface area (Å²) >= 11 is 0. The molecule has 1 N–H and O–H groups in total. The number of fused-ring (bicyclic) bond motifs is 1. The van der Waals surface area contributed by atoms with E-state index in [1.165, 1.54) is 29.2 Å². The number of aliphatic hydroxyl groups excluding tert-OH is 1. The number of carbonyl (C=O) groups is 2. The highest BCUT2D eigenvalue weighted by Gasteiger charge is 2.46. The molecule has 1 amide bonds. The number of Topliss-reactive ketones (excluding diaryl/α,β-unsaturated/α-hetero) is 1. The van der Waals surface area contributed by atoms with Crippen molar-refractivity contribution in [2.24, 2.45) is 7.05 Å². The van der Waals surface area contributed by atoms with Crippen LogP contribution in [0.1, 0.15) is 36.9 Å². The monoisotopic (exact) mass is 433 g/mol. The number of non-ortho nitro benzene ring substituents is 1. The Balaban J connectivity index is 1.96. The average molecular weight is 433 g/mol. The number of aliphatic hydroxyl groups is 1. The molecule has 1 aromatic heterocycles. The van der Waals surface area contributed by atoms with Crippen molar-refractivity contribution >= 4 is 34.0 Å². The van der Waals surface area contributed by atoms with Crippen molar-refractivity contribution in [3.8, 4) is 0 Å². The van der Waals surface area contributed by atoms with E-state index in [4.69, 9.17) is 0 Å². The summed E-state index contributed by atoms with van der Waals surface area (Å²) < 4.78 is 1.91. The molecule has 4 rings (SSSR count). The number of hydrogen-bond donors (Lipinski definition) is 1. The quantitative estimate of drug-likeness (QED) is 0.205. The topological polar surface area (TPSA) is 106 Å². The second-order valence-electron chi connectivity index (χ2n) is 7.87. The lowest BCUT2D eigenvalue weighted by molar-refractivity contribution is -0.384. The second-order valence-corrected chi connectivity index (χ2v) is 7.87. The molecule has 3 aromatic rings. The van der Waals surface area contributed by atoms with Crippen molar-refractivity contribution in [3.63, 3.8) is 0 Å². The zero-order valence-corrected chi connectivity index (χ0v) is 17.8. The van der Waals surface area contributed by atoms with Gasteiger partial charge in [-0.1, -0.05) is 43.7 Å². The molecule has 1 unspecified atom stereocenters. The van der Waals surface area contributed by atoms with Gasteiger partial charge in [-0.3, -0.25) is 19.7 Å². The van der Waals surface area contributed by atoms with Gasteiger partial charge in [-0.25, -0.2) is 0 Å². The number of ketones is 1. The van der Waals surface area contributed by atoms with Gasteiger partial charge in [0.2, 0.25) is 0 Å². The van der Waals surface area contributed by atoms with E-state index in [1.54, 1.807) is 0 Å². The fourth-order valence-electron chi connectivity index (χ4n) is 4.28. The molecule has 2 aromatic carbocycles. The standard InChI is InChI=1S/C24H23N3O5/c1-3-4-12-26-21(18-14-25(2)19-11-6-5-10-17(18)19)20(23(29)24(26)30)22(28)15-8-7-9-16(13-15)27(31)32/h5-11,13-14,21,28H,3-4,12H2,1-2H3/b22-20+. The summed E-state index contributed by atoms with van der Waals surface area (Å²) in [6.07, 6.45) is 3.39. The Bertz CT molecular complexity index is 1270.